The van der Waals surface area contributed by atoms with Crippen molar-refractivity contribution in [2.75, 3.05) is 32.4 Å². The molecule has 110 valence electrons. The lowest BCUT2D eigenvalue weighted by Gasteiger charge is -2.30. The summed E-state index contributed by atoms with van der Waals surface area (Å²) < 4.78 is 0. The molecule has 0 saturated carbocycles. The second-order valence-corrected chi connectivity index (χ2v) is 6.10. The molecule has 1 aliphatic rings. The van der Waals surface area contributed by atoms with Crippen molar-refractivity contribution in [3.63, 3.8) is 0 Å². The SMILES string of the molecule is CCN(CC1CCCNC1)C(=O)c1ccccc1SC. The number of carbonyl (C=O) groups is 1. The lowest BCUT2D eigenvalue weighted by molar-refractivity contribution is 0.0725. The molecule has 1 unspecified atom stereocenters. The Hall–Kier alpha value is -1.00. The molecule has 1 aromatic carbocycles. The summed E-state index contributed by atoms with van der Waals surface area (Å²) in [6, 6.07) is 7.90. The Balaban J connectivity index is 2.07. The van der Waals surface area contributed by atoms with Crippen LogP contribution in [0.5, 0.6) is 0 Å². The first-order chi connectivity index (χ1) is 9.76. The fourth-order valence-corrected chi connectivity index (χ4v) is 3.33. The van der Waals surface area contributed by atoms with Crippen LogP contribution in [-0.4, -0.2) is 43.2 Å². The summed E-state index contributed by atoms with van der Waals surface area (Å²) >= 11 is 1.64. The topological polar surface area (TPSA) is 32.3 Å². The number of piperidine rings is 1. The van der Waals surface area contributed by atoms with Gasteiger partial charge in [0.05, 0.1) is 5.56 Å². The van der Waals surface area contributed by atoms with E-state index in [2.05, 4.69) is 12.2 Å². The molecular weight excluding hydrogens is 268 g/mol. The average Bonchev–Trinajstić information content (AvgIpc) is 2.53. The first-order valence-electron chi connectivity index (χ1n) is 7.39. The first-order valence-corrected chi connectivity index (χ1v) is 8.61. The van der Waals surface area contributed by atoms with E-state index in [1.165, 1.54) is 12.8 Å². The van der Waals surface area contributed by atoms with Gasteiger partial charge in [-0.15, -0.1) is 11.8 Å². The fraction of sp³-hybridized carbons (Fsp3) is 0.562. The Morgan fingerprint density at radius 2 is 2.25 bits per heavy atom. The molecule has 3 nitrogen and oxygen atoms in total. The third-order valence-corrected chi connectivity index (χ3v) is 4.68. The number of rotatable bonds is 5. The second-order valence-electron chi connectivity index (χ2n) is 5.26. The van der Waals surface area contributed by atoms with Gasteiger partial charge in [0, 0.05) is 18.0 Å². The van der Waals surface area contributed by atoms with Crippen molar-refractivity contribution in [1.82, 2.24) is 10.2 Å². The highest BCUT2D eigenvalue weighted by atomic mass is 32.2. The van der Waals surface area contributed by atoms with E-state index in [0.29, 0.717) is 5.92 Å². The minimum atomic E-state index is 0.169. The molecule has 0 aromatic heterocycles. The fourth-order valence-electron chi connectivity index (χ4n) is 2.74. The van der Waals surface area contributed by atoms with Crippen LogP contribution in [0.3, 0.4) is 0 Å². The van der Waals surface area contributed by atoms with Crippen LogP contribution < -0.4 is 5.32 Å². The van der Waals surface area contributed by atoms with E-state index in [9.17, 15) is 4.79 Å². The summed E-state index contributed by atoms with van der Waals surface area (Å²) in [6.07, 6.45) is 4.46. The Morgan fingerprint density at radius 3 is 2.90 bits per heavy atom. The molecule has 1 amide bonds. The smallest absolute Gasteiger partial charge is 0.254 e. The van der Waals surface area contributed by atoms with Gasteiger partial charge in [-0.2, -0.15) is 0 Å². The molecule has 4 heteroatoms. The van der Waals surface area contributed by atoms with Crippen LogP contribution in [0, 0.1) is 5.92 Å². The second kappa shape index (κ2) is 7.70. The third kappa shape index (κ3) is 3.76. The highest BCUT2D eigenvalue weighted by Gasteiger charge is 2.22. The van der Waals surface area contributed by atoms with Gasteiger partial charge in [-0.3, -0.25) is 4.79 Å². The number of amides is 1. The molecule has 1 atom stereocenters. The van der Waals surface area contributed by atoms with Gasteiger partial charge in [0.25, 0.3) is 5.91 Å². The standard InChI is InChI=1S/C16H24N2OS/c1-3-18(12-13-7-6-10-17-11-13)16(19)14-8-4-5-9-15(14)20-2/h4-5,8-9,13,17H,3,6-7,10-12H2,1-2H3. The third-order valence-electron chi connectivity index (χ3n) is 3.88. The van der Waals surface area contributed by atoms with Gasteiger partial charge in [-0.25, -0.2) is 0 Å². The molecule has 20 heavy (non-hydrogen) atoms. The van der Waals surface area contributed by atoms with Gasteiger partial charge in [-0.1, -0.05) is 12.1 Å². The minimum absolute atomic E-state index is 0.169. The molecule has 0 aliphatic carbocycles. The Bertz CT molecular complexity index is 444. The largest absolute Gasteiger partial charge is 0.339 e. The molecular formula is C16H24N2OS. The van der Waals surface area contributed by atoms with Crippen molar-refractivity contribution < 1.29 is 4.79 Å². The molecule has 1 heterocycles. The van der Waals surface area contributed by atoms with Crippen LogP contribution in [0.15, 0.2) is 29.2 Å². The molecule has 1 aliphatic heterocycles. The summed E-state index contributed by atoms with van der Waals surface area (Å²) in [5.41, 5.74) is 0.839. The number of nitrogens with zero attached hydrogens (tertiary/aromatic N) is 1. The van der Waals surface area contributed by atoms with Crippen LogP contribution in [0.2, 0.25) is 0 Å². The number of carbonyl (C=O) groups excluding carboxylic acids is 1. The Morgan fingerprint density at radius 1 is 1.45 bits per heavy atom. The van der Waals surface area contributed by atoms with Crippen LogP contribution >= 0.6 is 11.8 Å². The average molecular weight is 292 g/mol. The lowest BCUT2D eigenvalue weighted by atomic mass is 9.98. The molecule has 2 rings (SSSR count). The predicted octanol–water partition coefficient (Wildman–Crippen LogP) is 2.87. The summed E-state index contributed by atoms with van der Waals surface area (Å²) in [4.78, 5) is 15.8. The van der Waals surface area contributed by atoms with Crippen molar-refractivity contribution in [3.05, 3.63) is 29.8 Å². The normalized spacial score (nSPS) is 18.8. The Labute approximate surface area is 126 Å². The molecule has 0 bridgehead atoms. The first kappa shape index (κ1) is 15.4. The summed E-state index contributed by atoms with van der Waals surface area (Å²) in [5, 5.41) is 3.42. The Kier molecular flexibility index (Phi) is 5.92. The maximum absolute atomic E-state index is 12.7. The summed E-state index contributed by atoms with van der Waals surface area (Å²) in [7, 11) is 0. The predicted molar refractivity (Wildman–Crippen MR) is 85.4 cm³/mol. The summed E-state index contributed by atoms with van der Waals surface area (Å²) in [5.74, 6) is 0.761. The number of nitrogens with one attached hydrogen (secondary N) is 1. The number of benzene rings is 1. The van der Waals surface area contributed by atoms with E-state index < -0.39 is 0 Å². The lowest BCUT2D eigenvalue weighted by Crippen LogP contribution is -2.41. The van der Waals surface area contributed by atoms with Gasteiger partial charge < -0.3 is 10.2 Å². The monoisotopic (exact) mass is 292 g/mol. The summed E-state index contributed by atoms with van der Waals surface area (Å²) in [6.45, 7) is 5.86. The minimum Gasteiger partial charge on any atom is -0.339 e. The molecule has 0 radical (unpaired) electrons. The molecule has 0 spiro atoms. The van der Waals surface area contributed by atoms with E-state index in [1.807, 2.05) is 35.4 Å². The van der Waals surface area contributed by atoms with Crippen LogP contribution in [0.25, 0.3) is 0 Å². The zero-order chi connectivity index (χ0) is 14.4. The quantitative estimate of drug-likeness (QED) is 0.847. The zero-order valence-corrected chi connectivity index (χ0v) is 13.2. The van der Waals surface area contributed by atoms with Crippen molar-refractivity contribution >= 4 is 17.7 Å². The molecule has 1 fully saturated rings. The van der Waals surface area contributed by atoms with Crippen molar-refractivity contribution in [1.29, 1.82) is 0 Å². The number of thioether (sulfide) groups is 1. The van der Waals surface area contributed by atoms with E-state index in [1.54, 1.807) is 11.8 Å². The van der Waals surface area contributed by atoms with E-state index in [-0.39, 0.29) is 5.91 Å². The van der Waals surface area contributed by atoms with Gasteiger partial charge in [0.2, 0.25) is 0 Å². The van der Waals surface area contributed by atoms with Gasteiger partial charge >= 0.3 is 0 Å². The number of hydrogen-bond acceptors (Lipinski definition) is 3. The van der Waals surface area contributed by atoms with Crippen LogP contribution in [-0.2, 0) is 0 Å². The number of hydrogen-bond donors (Lipinski definition) is 1. The van der Waals surface area contributed by atoms with Crippen molar-refractivity contribution in [3.8, 4) is 0 Å². The van der Waals surface area contributed by atoms with E-state index >= 15 is 0 Å². The van der Waals surface area contributed by atoms with Crippen LogP contribution in [0.4, 0.5) is 0 Å². The van der Waals surface area contributed by atoms with Gasteiger partial charge in [0.1, 0.15) is 0 Å². The molecule has 1 N–H and O–H groups in total. The maximum Gasteiger partial charge on any atom is 0.254 e. The highest BCUT2D eigenvalue weighted by Crippen LogP contribution is 2.22. The van der Waals surface area contributed by atoms with E-state index in [4.69, 9.17) is 0 Å². The zero-order valence-electron chi connectivity index (χ0n) is 12.4. The molecule has 1 saturated heterocycles. The van der Waals surface area contributed by atoms with Crippen molar-refractivity contribution in [2.24, 2.45) is 5.92 Å². The van der Waals surface area contributed by atoms with Gasteiger partial charge in [-0.05, 0) is 57.2 Å². The van der Waals surface area contributed by atoms with E-state index in [0.717, 1.165) is 36.6 Å². The molecule has 1 aromatic rings. The van der Waals surface area contributed by atoms with Gasteiger partial charge in [0.15, 0.2) is 0 Å². The van der Waals surface area contributed by atoms with Crippen molar-refractivity contribution in [2.45, 2.75) is 24.7 Å². The highest BCUT2D eigenvalue weighted by molar-refractivity contribution is 7.98. The van der Waals surface area contributed by atoms with Crippen LogP contribution in [0.1, 0.15) is 30.1 Å². The maximum atomic E-state index is 12.7.